The van der Waals surface area contributed by atoms with Gasteiger partial charge in [-0.1, -0.05) is 30.3 Å². The molecule has 0 saturated heterocycles. The zero-order valence-corrected chi connectivity index (χ0v) is 13.6. The van der Waals surface area contributed by atoms with Gasteiger partial charge in [0, 0.05) is 24.2 Å². The summed E-state index contributed by atoms with van der Waals surface area (Å²) in [7, 11) is 1.73. The van der Waals surface area contributed by atoms with Crippen molar-refractivity contribution < 1.29 is 4.79 Å². The number of hydrogen-bond donors (Lipinski definition) is 1. The Labute approximate surface area is 141 Å². The van der Waals surface area contributed by atoms with E-state index in [4.69, 9.17) is 0 Å². The topological polar surface area (TPSA) is 72.7 Å². The molecule has 0 aliphatic rings. The summed E-state index contributed by atoms with van der Waals surface area (Å²) in [5.74, 6) is 0.256. The Morgan fingerprint density at radius 1 is 1.17 bits per heavy atom. The Bertz CT molecular complexity index is 1020. The molecule has 0 spiro atoms. The Morgan fingerprint density at radius 2 is 2.00 bits per heavy atom. The van der Waals surface area contributed by atoms with Crippen LogP contribution < -0.4 is 5.32 Å². The van der Waals surface area contributed by atoms with Crippen molar-refractivity contribution in [3.05, 3.63) is 60.0 Å². The van der Waals surface area contributed by atoms with Crippen LogP contribution in [0.4, 0.5) is 5.82 Å². The van der Waals surface area contributed by atoms with Crippen LogP contribution in [0.3, 0.4) is 0 Å². The van der Waals surface area contributed by atoms with E-state index in [-0.39, 0.29) is 5.91 Å². The van der Waals surface area contributed by atoms with Gasteiger partial charge in [0.1, 0.15) is 22.7 Å². The molecule has 0 radical (unpaired) electrons. The molecule has 0 atom stereocenters. The van der Waals surface area contributed by atoms with Gasteiger partial charge in [-0.25, -0.2) is 9.97 Å². The molecule has 118 valence electrons. The summed E-state index contributed by atoms with van der Waals surface area (Å²) in [4.78, 5) is 21.9. The highest BCUT2D eigenvalue weighted by Gasteiger charge is 2.17. The molecular weight excluding hydrogens is 322 g/mol. The molecule has 4 rings (SSSR count). The lowest BCUT2D eigenvalue weighted by Crippen LogP contribution is -2.17. The van der Waals surface area contributed by atoms with Crippen LogP contribution in [0.25, 0.3) is 21.3 Å². The molecule has 0 aliphatic carbocycles. The molecule has 7 heteroatoms. The molecule has 3 aromatic heterocycles. The van der Waals surface area contributed by atoms with Crippen molar-refractivity contribution in [1.29, 1.82) is 0 Å². The van der Waals surface area contributed by atoms with Crippen molar-refractivity contribution in [2.24, 2.45) is 7.05 Å². The largest absolute Gasteiger partial charge is 0.305 e. The normalized spacial score (nSPS) is 10.9. The Hall–Kier alpha value is -3.06. The number of anilines is 1. The van der Waals surface area contributed by atoms with Gasteiger partial charge >= 0.3 is 0 Å². The van der Waals surface area contributed by atoms with Crippen LogP contribution in [0.15, 0.2) is 54.3 Å². The lowest BCUT2D eigenvalue weighted by Gasteiger charge is -2.07. The molecule has 0 bridgehead atoms. The second kappa shape index (κ2) is 5.86. The van der Waals surface area contributed by atoms with E-state index in [1.165, 1.54) is 22.3 Å². The fraction of sp³-hybridized carbons (Fsp3) is 0.0588. The molecule has 0 aliphatic heterocycles. The van der Waals surface area contributed by atoms with Gasteiger partial charge in [0.2, 0.25) is 0 Å². The van der Waals surface area contributed by atoms with Gasteiger partial charge in [-0.2, -0.15) is 5.10 Å². The highest BCUT2D eigenvalue weighted by Crippen LogP contribution is 2.36. The monoisotopic (exact) mass is 335 g/mol. The lowest BCUT2D eigenvalue weighted by atomic mass is 10.1. The number of carbonyl (C=O) groups is 1. The quantitative estimate of drug-likeness (QED) is 0.623. The number of benzene rings is 1. The van der Waals surface area contributed by atoms with Crippen LogP contribution in [0.2, 0.25) is 0 Å². The standard InChI is InChI=1S/C17H13N5OS/c1-22-13(7-8-20-22)16(23)21-15-14-12(11-5-3-2-4-6-11)9-24-17(14)19-10-18-15/h2-10H,1H3,(H,18,19,21,23). The number of fused-ring (bicyclic) bond motifs is 1. The summed E-state index contributed by atoms with van der Waals surface area (Å²) in [5.41, 5.74) is 2.55. The number of carbonyl (C=O) groups excluding carboxylic acids is 1. The molecule has 6 nitrogen and oxygen atoms in total. The number of aromatic nitrogens is 4. The van der Waals surface area contributed by atoms with Crippen molar-refractivity contribution in [3.8, 4) is 11.1 Å². The smallest absolute Gasteiger partial charge is 0.275 e. The van der Waals surface area contributed by atoms with Gasteiger partial charge in [0.25, 0.3) is 5.91 Å². The van der Waals surface area contributed by atoms with Gasteiger partial charge in [-0.15, -0.1) is 11.3 Å². The number of nitrogens with zero attached hydrogens (tertiary/aromatic N) is 4. The predicted molar refractivity (Wildman–Crippen MR) is 94.0 cm³/mol. The van der Waals surface area contributed by atoms with Crippen LogP contribution in [-0.2, 0) is 7.05 Å². The highest BCUT2D eigenvalue weighted by atomic mass is 32.1. The van der Waals surface area contributed by atoms with E-state index >= 15 is 0 Å². The van der Waals surface area contributed by atoms with Gasteiger partial charge in [-0.05, 0) is 11.6 Å². The first-order valence-electron chi connectivity index (χ1n) is 7.31. The minimum absolute atomic E-state index is 0.250. The van der Waals surface area contributed by atoms with Crippen molar-refractivity contribution >= 4 is 33.3 Å². The SMILES string of the molecule is Cn1nccc1C(=O)Nc1ncnc2scc(-c3ccccc3)c12. The minimum Gasteiger partial charge on any atom is -0.305 e. The van der Waals surface area contributed by atoms with Crippen LogP contribution >= 0.6 is 11.3 Å². The van der Waals surface area contributed by atoms with Gasteiger partial charge < -0.3 is 5.32 Å². The van der Waals surface area contributed by atoms with Crippen molar-refractivity contribution in [3.63, 3.8) is 0 Å². The molecule has 24 heavy (non-hydrogen) atoms. The average molecular weight is 335 g/mol. The molecule has 3 heterocycles. The number of thiophene rings is 1. The summed E-state index contributed by atoms with van der Waals surface area (Å²) in [6.45, 7) is 0. The number of hydrogen-bond acceptors (Lipinski definition) is 5. The van der Waals surface area contributed by atoms with E-state index in [0.29, 0.717) is 11.5 Å². The van der Waals surface area contributed by atoms with E-state index in [9.17, 15) is 4.79 Å². The first-order chi connectivity index (χ1) is 11.7. The van der Waals surface area contributed by atoms with Crippen molar-refractivity contribution in [2.75, 3.05) is 5.32 Å². The maximum atomic E-state index is 12.5. The van der Waals surface area contributed by atoms with E-state index in [0.717, 1.165) is 21.3 Å². The van der Waals surface area contributed by atoms with E-state index in [1.54, 1.807) is 19.3 Å². The highest BCUT2D eigenvalue weighted by molar-refractivity contribution is 7.17. The Morgan fingerprint density at radius 3 is 2.75 bits per heavy atom. The second-order valence-corrected chi connectivity index (χ2v) is 6.07. The van der Waals surface area contributed by atoms with E-state index < -0.39 is 0 Å². The van der Waals surface area contributed by atoms with Crippen molar-refractivity contribution in [2.45, 2.75) is 0 Å². The summed E-state index contributed by atoms with van der Waals surface area (Å²) in [6.07, 6.45) is 3.05. The van der Waals surface area contributed by atoms with Crippen LogP contribution in [0.1, 0.15) is 10.5 Å². The fourth-order valence-corrected chi connectivity index (χ4v) is 3.48. The average Bonchev–Trinajstić information content (AvgIpc) is 3.22. The maximum Gasteiger partial charge on any atom is 0.275 e. The molecule has 0 unspecified atom stereocenters. The molecule has 1 amide bonds. The number of amides is 1. The number of aryl methyl sites for hydroxylation is 1. The molecule has 4 aromatic rings. The molecule has 0 fully saturated rings. The van der Waals surface area contributed by atoms with Gasteiger partial charge in [0.05, 0.1) is 5.39 Å². The van der Waals surface area contributed by atoms with Crippen molar-refractivity contribution in [1.82, 2.24) is 19.7 Å². The Balaban J connectivity index is 1.80. The zero-order valence-electron chi connectivity index (χ0n) is 12.8. The zero-order chi connectivity index (χ0) is 16.5. The third kappa shape index (κ3) is 2.44. The molecule has 1 aromatic carbocycles. The summed E-state index contributed by atoms with van der Waals surface area (Å²) < 4.78 is 1.53. The van der Waals surface area contributed by atoms with E-state index in [2.05, 4.69) is 20.4 Å². The summed E-state index contributed by atoms with van der Waals surface area (Å²) in [6, 6.07) is 11.7. The third-order valence-electron chi connectivity index (χ3n) is 3.74. The first kappa shape index (κ1) is 14.5. The molecular formula is C17H13N5OS. The summed E-state index contributed by atoms with van der Waals surface area (Å²) in [5, 5.41) is 9.79. The fourth-order valence-electron chi connectivity index (χ4n) is 2.57. The minimum atomic E-state index is -0.250. The lowest BCUT2D eigenvalue weighted by molar-refractivity contribution is 0.101. The second-order valence-electron chi connectivity index (χ2n) is 5.21. The maximum absolute atomic E-state index is 12.5. The summed E-state index contributed by atoms with van der Waals surface area (Å²) >= 11 is 1.53. The Kier molecular flexibility index (Phi) is 3.55. The number of nitrogens with one attached hydrogen (secondary N) is 1. The predicted octanol–water partition coefficient (Wildman–Crippen LogP) is 3.34. The molecule has 1 N–H and O–H groups in total. The van der Waals surface area contributed by atoms with Gasteiger partial charge in [-0.3, -0.25) is 9.48 Å². The number of rotatable bonds is 3. The van der Waals surface area contributed by atoms with Crippen LogP contribution in [0, 0.1) is 0 Å². The first-order valence-corrected chi connectivity index (χ1v) is 8.19. The molecule has 0 saturated carbocycles. The van der Waals surface area contributed by atoms with Crippen LogP contribution in [-0.4, -0.2) is 25.7 Å². The van der Waals surface area contributed by atoms with Crippen LogP contribution in [0.5, 0.6) is 0 Å². The third-order valence-corrected chi connectivity index (χ3v) is 4.63. The van der Waals surface area contributed by atoms with E-state index in [1.807, 2.05) is 35.7 Å². The van der Waals surface area contributed by atoms with Gasteiger partial charge in [0.15, 0.2) is 0 Å².